The largest absolute Gasteiger partial charge is 0.347 e. The van der Waals surface area contributed by atoms with E-state index in [0.717, 1.165) is 32.4 Å². The summed E-state index contributed by atoms with van der Waals surface area (Å²) in [6, 6.07) is 4.82. The lowest BCUT2D eigenvalue weighted by atomic mass is 9.93. The van der Waals surface area contributed by atoms with Crippen LogP contribution in [0, 0.1) is 5.92 Å². The highest BCUT2D eigenvalue weighted by molar-refractivity contribution is 6.35. The minimum absolute atomic E-state index is 0. The van der Waals surface area contributed by atoms with E-state index in [9.17, 15) is 9.59 Å². The zero-order valence-electron chi connectivity index (χ0n) is 13.2. The van der Waals surface area contributed by atoms with Gasteiger partial charge in [-0.15, -0.1) is 12.4 Å². The van der Waals surface area contributed by atoms with Crippen LogP contribution in [0.3, 0.4) is 0 Å². The number of nitrogens with one attached hydrogen (secondary N) is 3. The van der Waals surface area contributed by atoms with E-state index in [1.165, 1.54) is 0 Å². The molecule has 0 atom stereocenters. The Labute approximate surface area is 158 Å². The first-order valence-corrected chi connectivity index (χ1v) is 8.52. The molecule has 0 bridgehead atoms. The lowest BCUT2D eigenvalue weighted by Gasteiger charge is -2.22. The van der Waals surface area contributed by atoms with Gasteiger partial charge in [0.15, 0.2) is 0 Å². The van der Waals surface area contributed by atoms with E-state index in [4.69, 9.17) is 23.2 Å². The van der Waals surface area contributed by atoms with Gasteiger partial charge in [-0.05, 0) is 56.5 Å². The summed E-state index contributed by atoms with van der Waals surface area (Å²) >= 11 is 11.8. The maximum absolute atomic E-state index is 11.9. The number of benzene rings is 1. The van der Waals surface area contributed by atoms with Gasteiger partial charge in [-0.25, -0.2) is 0 Å². The fourth-order valence-corrected chi connectivity index (χ4v) is 2.90. The van der Waals surface area contributed by atoms with Crippen molar-refractivity contribution in [2.75, 3.05) is 25.0 Å². The number of hydrogen-bond acceptors (Lipinski definition) is 3. The smallest absolute Gasteiger partial charge is 0.243 e. The normalized spacial score (nSPS) is 14.6. The van der Waals surface area contributed by atoms with Gasteiger partial charge in [0, 0.05) is 11.4 Å². The van der Waals surface area contributed by atoms with Crippen LogP contribution in [0.15, 0.2) is 18.2 Å². The van der Waals surface area contributed by atoms with Crippen LogP contribution in [0.2, 0.25) is 10.0 Å². The topological polar surface area (TPSA) is 70.2 Å². The van der Waals surface area contributed by atoms with Crippen LogP contribution in [-0.4, -0.2) is 31.4 Å². The average molecular weight is 395 g/mol. The third-order valence-electron chi connectivity index (χ3n) is 3.89. The van der Waals surface area contributed by atoms with Crippen molar-refractivity contribution < 1.29 is 9.59 Å². The van der Waals surface area contributed by atoms with E-state index in [2.05, 4.69) is 16.0 Å². The third kappa shape index (κ3) is 7.26. The molecule has 1 aliphatic rings. The van der Waals surface area contributed by atoms with Crippen molar-refractivity contribution in [2.45, 2.75) is 25.7 Å². The van der Waals surface area contributed by atoms with Crippen LogP contribution in [-0.2, 0) is 9.59 Å². The number of anilines is 1. The molecule has 0 aliphatic carbocycles. The standard InChI is InChI=1S/C16H21Cl2N3O2.ClH/c17-12-2-3-13(18)14(9-12)21-16(23)10-20-15(22)4-1-11-5-7-19-8-6-11;/h2-3,9,11,19H,1,4-8,10H2,(H,20,22)(H,21,23);1H. The van der Waals surface area contributed by atoms with Crippen molar-refractivity contribution in [3.05, 3.63) is 28.2 Å². The van der Waals surface area contributed by atoms with E-state index >= 15 is 0 Å². The molecule has 1 saturated heterocycles. The molecular formula is C16H22Cl3N3O2. The van der Waals surface area contributed by atoms with E-state index in [0.29, 0.717) is 28.1 Å². The van der Waals surface area contributed by atoms with Gasteiger partial charge in [-0.2, -0.15) is 0 Å². The van der Waals surface area contributed by atoms with Crippen LogP contribution in [0.25, 0.3) is 0 Å². The fourth-order valence-electron chi connectivity index (χ4n) is 2.56. The first-order chi connectivity index (χ1) is 11.0. The predicted molar refractivity (Wildman–Crippen MR) is 100 cm³/mol. The van der Waals surface area contributed by atoms with Crippen molar-refractivity contribution in [1.82, 2.24) is 10.6 Å². The SMILES string of the molecule is Cl.O=C(CCC1CCNCC1)NCC(=O)Nc1cc(Cl)ccc1Cl. The Bertz CT molecular complexity index is 563. The zero-order valence-corrected chi connectivity index (χ0v) is 15.6. The maximum Gasteiger partial charge on any atom is 0.243 e. The molecular weight excluding hydrogens is 373 g/mol. The van der Waals surface area contributed by atoms with Crippen LogP contribution in [0.1, 0.15) is 25.7 Å². The quantitative estimate of drug-likeness (QED) is 0.693. The second kappa shape index (κ2) is 10.8. The summed E-state index contributed by atoms with van der Waals surface area (Å²) in [4.78, 5) is 23.7. The molecule has 0 unspecified atom stereocenters. The molecule has 1 aliphatic heterocycles. The molecule has 1 aromatic rings. The number of carbonyl (C=O) groups is 2. The molecule has 0 aromatic heterocycles. The molecule has 1 fully saturated rings. The van der Waals surface area contributed by atoms with Gasteiger partial charge in [0.2, 0.25) is 11.8 Å². The van der Waals surface area contributed by atoms with Crippen molar-refractivity contribution in [2.24, 2.45) is 5.92 Å². The molecule has 24 heavy (non-hydrogen) atoms. The van der Waals surface area contributed by atoms with Crippen LogP contribution in [0.4, 0.5) is 5.69 Å². The summed E-state index contributed by atoms with van der Waals surface area (Å²) in [5.41, 5.74) is 0.438. The molecule has 0 spiro atoms. The molecule has 2 amide bonds. The van der Waals surface area contributed by atoms with Crippen molar-refractivity contribution in [3.63, 3.8) is 0 Å². The Morgan fingerprint density at radius 3 is 2.58 bits per heavy atom. The van der Waals surface area contributed by atoms with Gasteiger partial charge in [0.05, 0.1) is 17.3 Å². The Morgan fingerprint density at radius 2 is 1.88 bits per heavy atom. The molecule has 134 valence electrons. The number of carbonyl (C=O) groups excluding carboxylic acids is 2. The lowest BCUT2D eigenvalue weighted by molar-refractivity contribution is -0.124. The van der Waals surface area contributed by atoms with Crippen molar-refractivity contribution in [3.8, 4) is 0 Å². The number of amides is 2. The summed E-state index contributed by atoms with van der Waals surface area (Å²) in [6.45, 7) is 1.97. The highest BCUT2D eigenvalue weighted by Crippen LogP contribution is 2.25. The van der Waals surface area contributed by atoms with E-state index < -0.39 is 0 Å². The Hall–Kier alpha value is -1.01. The third-order valence-corrected chi connectivity index (χ3v) is 4.45. The highest BCUT2D eigenvalue weighted by atomic mass is 35.5. The first-order valence-electron chi connectivity index (χ1n) is 7.77. The molecule has 1 aromatic carbocycles. The van der Waals surface area contributed by atoms with Gasteiger partial charge < -0.3 is 16.0 Å². The second-order valence-corrected chi connectivity index (χ2v) is 6.52. The summed E-state index contributed by atoms with van der Waals surface area (Å²) in [6.07, 6.45) is 3.55. The maximum atomic E-state index is 11.9. The zero-order chi connectivity index (χ0) is 16.7. The summed E-state index contributed by atoms with van der Waals surface area (Å²) < 4.78 is 0. The fraction of sp³-hybridized carbons (Fsp3) is 0.500. The van der Waals surface area contributed by atoms with Gasteiger partial charge in [-0.3, -0.25) is 9.59 Å². The monoisotopic (exact) mass is 393 g/mol. The van der Waals surface area contributed by atoms with Gasteiger partial charge in [-0.1, -0.05) is 23.2 Å². The number of piperidine rings is 1. The molecule has 3 N–H and O–H groups in total. The summed E-state index contributed by atoms with van der Waals surface area (Å²) in [7, 11) is 0. The van der Waals surface area contributed by atoms with Crippen LogP contribution in [0.5, 0.6) is 0 Å². The van der Waals surface area contributed by atoms with Gasteiger partial charge in [0.25, 0.3) is 0 Å². The van der Waals surface area contributed by atoms with Crippen LogP contribution < -0.4 is 16.0 Å². The molecule has 0 radical (unpaired) electrons. The van der Waals surface area contributed by atoms with Crippen molar-refractivity contribution >= 4 is 53.1 Å². The van der Waals surface area contributed by atoms with Gasteiger partial charge in [0.1, 0.15) is 0 Å². The minimum atomic E-state index is -0.329. The Morgan fingerprint density at radius 1 is 1.17 bits per heavy atom. The lowest BCUT2D eigenvalue weighted by Crippen LogP contribution is -2.33. The molecule has 8 heteroatoms. The van der Waals surface area contributed by atoms with Crippen molar-refractivity contribution in [1.29, 1.82) is 0 Å². The number of rotatable bonds is 6. The van der Waals surface area contributed by atoms with E-state index in [-0.39, 0.29) is 30.8 Å². The van der Waals surface area contributed by atoms with Gasteiger partial charge >= 0.3 is 0 Å². The van der Waals surface area contributed by atoms with Crippen LogP contribution >= 0.6 is 35.6 Å². The highest BCUT2D eigenvalue weighted by Gasteiger charge is 2.15. The molecule has 2 rings (SSSR count). The Balaban J connectivity index is 0.00000288. The molecule has 0 saturated carbocycles. The average Bonchev–Trinajstić information content (AvgIpc) is 2.55. The number of hydrogen-bond donors (Lipinski definition) is 3. The molecule has 1 heterocycles. The number of halogens is 3. The summed E-state index contributed by atoms with van der Waals surface area (Å²) in [5, 5.41) is 9.45. The first kappa shape index (κ1) is 21.0. The minimum Gasteiger partial charge on any atom is -0.347 e. The van der Waals surface area contributed by atoms with E-state index in [1.807, 2.05) is 0 Å². The summed E-state index contributed by atoms with van der Waals surface area (Å²) in [5.74, 6) is 0.168. The predicted octanol–water partition coefficient (Wildman–Crippen LogP) is 3.25. The second-order valence-electron chi connectivity index (χ2n) is 5.68. The van der Waals surface area contributed by atoms with E-state index in [1.54, 1.807) is 18.2 Å². The Kier molecular flexibility index (Phi) is 9.44. The molecule has 5 nitrogen and oxygen atoms in total.